The van der Waals surface area contributed by atoms with Crippen molar-refractivity contribution in [2.24, 2.45) is 0 Å². The summed E-state index contributed by atoms with van der Waals surface area (Å²) in [6.45, 7) is 2.22. The third kappa shape index (κ3) is 7.71. The number of alkyl carbamates (subject to hydrolysis) is 1. The molecule has 114 valence electrons. The summed E-state index contributed by atoms with van der Waals surface area (Å²) in [4.78, 5) is 33.8. The smallest absolute Gasteiger partial charge is 0.407 e. The molecule has 0 heterocycles. The number of benzene rings is 1. The van der Waals surface area contributed by atoms with Gasteiger partial charge in [-0.2, -0.15) is 0 Å². The molecule has 1 N–H and O–H groups in total. The van der Waals surface area contributed by atoms with Gasteiger partial charge in [0.2, 0.25) is 0 Å². The minimum Gasteiger partial charge on any atom is -0.466 e. The fraction of sp³-hybridized carbons (Fsp3) is 0.400. The van der Waals surface area contributed by atoms with Crippen molar-refractivity contribution in [3.05, 3.63) is 35.9 Å². The van der Waals surface area contributed by atoms with E-state index in [1.54, 1.807) is 6.92 Å². The van der Waals surface area contributed by atoms with Crippen LogP contribution in [-0.2, 0) is 25.7 Å². The number of carbonyl (C=O) groups is 3. The number of esters is 1. The van der Waals surface area contributed by atoms with E-state index in [2.05, 4.69) is 10.1 Å². The maximum Gasteiger partial charge on any atom is 0.407 e. The predicted octanol–water partition coefficient (Wildman–Crippen LogP) is 1.83. The highest BCUT2D eigenvalue weighted by Crippen LogP contribution is 2.00. The molecule has 0 aromatic heterocycles. The molecule has 0 aliphatic heterocycles. The highest BCUT2D eigenvalue weighted by Gasteiger charge is 2.10. The molecule has 0 saturated heterocycles. The summed E-state index contributed by atoms with van der Waals surface area (Å²) in [7, 11) is 0. The summed E-state index contributed by atoms with van der Waals surface area (Å²) < 4.78 is 9.63. The van der Waals surface area contributed by atoms with Gasteiger partial charge in [-0.05, 0) is 12.5 Å². The van der Waals surface area contributed by atoms with E-state index >= 15 is 0 Å². The van der Waals surface area contributed by atoms with Crippen LogP contribution in [-0.4, -0.2) is 31.0 Å². The fourth-order valence-corrected chi connectivity index (χ4v) is 1.54. The van der Waals surface area contributed by atoms with Gasteiger partial charge in [0.25, 0.3) is 0 Å². The van der Waals surface area contributed by atoms with Crippen LogP contribution in [0, 0.1) is 0 Å². The first-order valence-electron chi connectivity index (χ1n) is 6.73. The van der Waals surface area contributed by atoms with E-state index in [9.17, 15) is 14.4 Å². The molecule has 1 aromatic carbocycles. The van der Waals surface area contributed by atoms with Gasteiger partial charge in [0.15, 0.2) is 0 Å². The molecule has 0 fully saturated rings. The number of carbonyl (C=O) groups excluding carboxylic acids is 3. The van der Waals surface area contributed by atoms with Gasteiger partial charge in [0.1, 0.15) is 18.8 Å². The van der Waals surface area contributed by atoms with Crippen molar-refractivity contribution in [3.8, 4) is 0 Å². The molecular weight excluding hydrogens is 274 g/mol. The molecule has 6 nitrogen and oxygen atoms in total. The van der Waals surface area contributed by atoms with E-state index in [0.29, 0.717) is 0 Å². The van der Waals surface area contributed by atoms with Gasteiger partial charge >= 0.3 is 12.1 Å². The second-order valence-corrected chi connectivity index (χ2v) is 4.26. The summed E-state index contributed by atoms with van der Waals surface area (Å²) in [5.74, 6) is -0.828. The van der Waals surface area contributed by atoms with Gasteiger partial charge in [0.05, 0.1) is 6.61 Å². The van der Waals surface area contributed by atoms with Crippen molar-refractivity contribution < 1.29 is 23.9 Å². The number of hydrogen-bond acceptors (Lipinski definition) is 5. The normalized spacial score (nSPS) is 9.76. The fourth-order valence-electron chi connectivity index (χ4n) is 1.54. The highest BCUT2D eigenvalue weighted by molar-refractivity contribution is 5.95. The number of amides is 1. The van der Waals surface area contributed by atoms with Gasteiger partial charge in [-0.25, -0.2) is 4.79 Å². The van der Waals surface area contributed by atoms with Gasteiger partial charge in [-0.1, -0.05) is 30.3 Å². The third-order valence-electron chi connectivity index (χ3n) is 2.53. The molecule has 1 rings (SSSR count). The van der Waals surface area contributed by atoms with E-state index in [1.807, 2.05) is 30.3 Å². The van der Waals surface area contributed by atoms with Crippen molar-refractivity contribution >= 4 is 17.8 Å². The van der Waals surface area contributed by atoms with E-state index < -0.39 is 12.1 Å². The van der Waals surface area contributed by atoms with Crippen LogP contribution < -0.4 is 5.32 Å². The zero-order valence-electron chi connectivity index (χ0n) is 12.0. The highest BCUT2D eigenvalue weighted by atomic mass is 16.5. The first-order valence-corrected chi connectivity index (χ1v) is 6.73. The maximum atomic E-state index is 11.4. The Morgan fingerprint density at radius 2 is 1.81 bits per heavy atom. The van der Waals surface area contributed by atoms with Crippen molar-refractivity contribution in [2.45, 2.75) is 26.4 Å². The Balaban J connectivity index is 2.13. The van der Waals surface area contributed by atoms with Crippen LogP contribution in [0.15, 0.2) is 30.3 Å². The zero-order valence-corrected chi connectivity index (χ0v) is 12.0. The third-order valence-corrected chi connectivity index (χ3v) is 2.53. The van der Waals surface area contributed by atoms with Crippen molar-refractivity contribution in [2.75, 3.05) is 13.2 Å². The minimum absolute atomic E-state index is 0.0687. The SMILES string of the molecule is CCOC(=O)CC(=O)CCNC(=O)OCc1ccccc1. The van der Waals surface area contributed by atoms with Crippen LogP contribution in [0.3, 0.4) is 0 Å². The second kappa shape index (κ2) is 9.52. The van der Waals surface area contributed by atoms with Crippen LogP contribution in [0.2, 0.25) is 0 Å². The van der Waals surface area contributed by atoms with Gasteiger partial charge in [-0.3, -0.25) is 9.59 Å². The molecule has 1 aromatic rings. The molecule has 0 atom stereocenters. The average molecular weight is 293 g/mol. The molecule has 0 aliphatic carbocycles. The standard InChI is InChI=1S/C15H19NO5/c1-2-20-14(18)10-13(17)8-9-16-15(19)21-11-12-6-4-3-5-7-12/h3-7H,2,8-11H2,1H3,(H,16,19). The largest absolute Gasteiger partial charge is 0.466 e. The van der Waals surface area contributed by atoms with E-state index in [-0.39, 0.29) is 38.4 Å². The topological polar surface area (TPSA) is 81.7 Å². The summed E-state index contributed by atoms with van der Waals surface area (Å²) in [5, 5.41) is 2.45. The molecule has 0 unspecified atom stereocenters. The van der Waals surface area contributed by atoms with Crippen LogP contribution in [0.5, 0.6) is 0 Å². The lowest BCUT2D eigenvalue weighted by Crippen LogP contribution is -2.27. The van der Waals surface area contributed by atoms with E-state index in [0.717, 1.165) is 5.56 Å². The lowest BCUT2D eigenvalue weighted by molar-refractivity contribution is -0.145. The molecule has 6 heteroatoms. The first kappa shape index (κ1) is 16.7. The van der Waals surface area contributed by atoms with E-state index in [4.69, 9.17) is 4.74 Å². The second-order valence-electron chi connectivity index (χ2n) is 4.26. The monoisotopic (exact) mass is 293 g/mol. The lowest BCUT2D eigenvalue weighted by atomic mass is 10.2. The molecular formula is C15H19NO5. The number of Topliss-reactive ketones (excluding diaryl/α,β-unsaturated/α-hetero) is 1. The predicted molar refractivity (Wildman–Crippen MR) is 75.5 cm³/mol. The maximum absolute atomic E-state index is 11.4. The number of ketones is 1. The van der Waals surface area contributed by atoms with Crippen LogP contribution in [0.25, 0.3) is 0 Å². The number of hydrogen-bond donors (Lipinski definition) is 1. The number of nitrogens with one attached hydrogen (secondary N) is 1. The Kier molecular flexibility index (Phi) is 7.56. The summed E-state index contributed by atoms with van der Waals surface area (Å²) >= 11 is 0. The Morgan fingerprint density at radius 1 is 1.10 bits per heavy atom. The molecule has 0 bridgehead atoms. The first-order chi connectivity index (χ1) is 10.1. The number of rotatable bonds is 8. The van der Waals surface area contributed by atoms with Crippen LogP contribution in [0.1, 0.15) is 25.3 Å². The van der Waals surface area contributed by atoms with Gasteiger partial charge in [-0.15, -0.1) is 0 Å². The van der Waals surface area contributed by atoms with Gasteiger partial charge in [0, 0.05) is 13.0 Å². The Labute approximate surface area is 123 Å². The van der Waals surface area contributed by atoms with Crippen LogP contribution >= 0.6 is 0 Å². The number of ether oxygens (including phenoxy) is 2. The van der Waals surface area contributed by atoms with Crippen LogP contribution in [0.4, 0.5) is 4.79 Å². The average Bonchev–Trinajstić information content (AvgIpc) is 2.46. The molecule has 21 heavy (non-hydrogen) atoms. The molecule has 0 spiro atoms. The Bertz CT molecular complexity index is 472. The van der Waals surface area contributed by atoms with Crippen molar-refractivity contribution in [3.63, 3.8) is 0 Å². The molecule has 0 saturated carbocycles. The molecule has 1 amide bonds. The Morgan fingerprint density at radius 3 is 2.48 bits per heavy atom. The van der Waals surface area contributed by atoms with Crippen molar-refractivity contribution in [1.82, 2.24) is 5.32 Å². The Hall–Kier alpha value is -2.37. The molecule has 0 radical (unpaired) electrons. The lowest BCUT2D eigenvalue weighted by Gasteiger charge is -2.06. The summed E-state index contributed by atoms with van der Waals surface area (Å²) in [6, 6.07) is 9.26. The molecule has 0 aliphatic rings. The summed E-state index contributed by atoms with van der Waals surface area (Å²) in [6.07, 6.45) is -0.795. The zero-order chi connectivity index (χ0) is 15.5. The van der Waals surface area contributed by atoms with E-state index in [1.165, 1.54) is 0 Å². The summed E-state index contributed by atoms with van der Waals surface area (Å²) in [5.41, 5.74) is 0.881. The minimum atomic E-state index is -0.595. The quantitative estimate of drug-likeness (QED) is 0.584. The van der Waals surface area contributed by atoms with Gasteiger partial charge < -0.3 is 14.8 Å². The van der Waals surface area contributed by atoms with Crippen molar-refractivity contribution in [1.29, 1.82) is 0 Å².